The van der Waals surface area contributed by atoms with Crippen molar-refractivity contribution in [2.24, 2.45) is 0 Å². The molecule has 8 heteroatoms. The van der Waals surface area contributed by atoms with Crippen LogP contribution >= 0.6 is 11.3 Å². The smallest absolute Gasteiger partial charge is 0.325 e. The molecule has 0 atom stereocenters. The molecule has 152 valence electrons. The van der Waals surface area contributed by atoms with E-state index in [-0.39, 0.29) is 19.0 Å². The number of rotatable bonds is 5. The molecule has 0 aliphatic rings. The molecule has 0 unspecified atom stereocenters. The lowest BCUT2D eigenvalue weighted by molar-refractivity contribution is -0.116. The number of aromatic nitrogens is 2. The highest BCUT2D eigenvalue weighted by atomic mass is 32.1. The van der Waals surface area contributed by atoms with Gasteiger partial charge in [-0.1, -0.05) is 29.8 Å². The first-order valence-electron chi connectivity index (χ1n) is 9.24. The maximum Gasteiger partial charge on any atom is 0.332 e. The molecule has 6 nitrogen and oxygen atoms in total. The summed E-state index contributed by atoms with van der Waals surface area (Å²) in [6.45, 7) is 1.71. The number of benzene rings is 2. The Morgan fingerprint density at radius 2 is 1.70 bits per heavy atom. The van der Waals surface area contributed by atoms with Crippen LogP contribution in [-0.2, 0) is 17.9 Å². The van der Waals surface area contributed by atoms with Crippen LogP contribution in [0.4, 0.5) is 10.1 Å². The highest BCUT2D eigenvalue weighted by molar-refractivity contribution is 7.17. The van der Waals surface area contributed by atoms with Crippen LogP contribution in [0.1, 0.15) is 11.1 Å². The van der Waals surface area contributed by atoms with E-state index in [0.717, 1.165) is 10.1 Å². The van der Waals surface area contributed by atoms with Crippen LogP contribution in [0.5, 0.6) is 0 Å². The molecule has 0 aliphatic carbocycles. The molecular formula is C22H18FN3O3S. The van der Waals surface area contributed by atoms with E-state index in [0.29, 0.717) is 21.5 Å². The molecule has 0 bridgehead atoms. The minimum absolute atomic E-state index is 0.00856. The first-order valence-corrected chi connectivity index (χ1v) is 10.1. The second-order valence-corrected chi connectivity index (χ2v) is 7.85. The summed E-state index contributed by atoms with van der Waals surface area (Å²) < 4.78 is 15.9. The average molecular weight is 423 g/mol. The summed E-state index contributed by atoms with van der Waals surface area (Å²) in [5, 5.41) is 4.48. The molecular weight excluding hydrogens is 405 g/mol. The van der Waals surface area contributed by atoms with Crippen molar-refractivity contribution in [1.82, 2.24) is 9.13 Å². The summed E-state index contributed by atoms with van der Waals surface area (Å²) >= 11 is 1.21. The third-order valence-electron chi connectivity index (χ3n) is 4.73. The lowest BCUT2D eigenvalue weighted by Gasteiger charge is -2.12. The van der Waals surface area contributed by atoms with E-state index in [2.05, 4.69) is 5.32 Å². The van der Waals surface area contributed by atoms with Crippen molar-refractivity contribution in [1.29, 1.82) is 0 Å². The number of amides is 1. The van der Waals surface area contributed by atoms with Crippen molar-refractivity contribution in [3.8, 4) is 0 Å². The van der Waals surface area contributed by atoms with Crippen LogP contribution < -0.4 is 16.6 Å². The van der Waals surface area contributed by atoms with Crippen molar-refractivity contribution < 1.29 is 9.18 Å². The third kappa shape index (κ3) is 3.95. The Bertz CT molecular complexity index is 1340. The Labute approximate surface area is 174 Å². The summed E-state index contributed by atoms with van der Waals surface area (Å²) in [7, 11) is 0. The number of nitrogens with one attached hydrogen (secondary N) is 1. The summed E-state index contributed by atoms with van der Waals surface area (Å²) in [5.41, 5.74) is 1.71. The molecule has 0 saturated heterocycles. The molecule has 4 rings (SSSR count). The fraction of sp³-hybridized carbons (Fsp3) is 0.136. The van der Waals surface area contributed by atoms with E-state index in [9.17, 15) is 18.8 Å². The van der Waals surface area contributed by atoms with Crippen LogP contribution in [0.2, 0.25) is 0 Å². The predicted octanol–water partition coefficient (Wildman–Crippen LogP) is 3.36. The molecule has 0 spiro atoms. The summed E-state index contributed by atoms with van der Waals surface area (Å²) in [6.07, 6.45) is 0. The van der Waals surface area contributed by atoms with Crippen LogP contribution in [0.3, 0.4) is 0 Å². The van der Waals surface area contributed by atoms with E-state index in [1.165, 1.54) is 40.2 Å². The molecule has 0 aliphatic heterocycles. The number of thiophene rings is 1. The highest BCUT2D eigenvalue weighted by Crippen LogP contribution is 2.16. The minimum Gasteiger partial charge on any atom is -0.325 e. The number of halogens is 1. The first kappa shape index (κ1) is 19.8. The first-order chi connectivity index (χ1) is 14.4. The van der Waals surface area contributed by atoms with Crippen LogP contribution in [0.25, 0.3) is 10.2 Å². The molecule has 30 heavy (non-hydrogen) atoms. The summed E-state index contributed by atoms with van der Waals surface area (Å²) in [4.78, 5) is 38.5. The van der Waals surface area contributed by atoms with E-state index >= 15 is 0 Å². The van der Waals surface area contributed by atoms with Crippen LogP contribution in [0, 0.1) is 12.7 Å². The van der Waals surface area contributed by atoms with Crippen molar-refractivity contribution in [3.05, 3.63) is 97.8 Å². The fourth-order valence-corrected chi connectivity index (χ4v) is 4.02. The maximum atomic E-state index is 13.2. The van der Waals surface area contributed by atoms with Gasteiger partial charge in [0.15, 0.2) is 0 Å². The van der Waals surface area contributed by atoms with Gasteiger partial charge in [-0.15, -0.1) is 11.3 Å². The Hall–Kier alpha value is -3.52. The summed E-state index contributed by atoms with van der Waals surface area (Å²) in [6, 6.07) is 14.6. The second kappa shape index (κ2) is 8.08. The highest BCUT2D eigenvalue weighted by Gasteiger charge is 2.17. The van der Waals surface area contributed by atoms with Gasteiger partial charge < -0.3 is 5.32 Å². The molecule has 2 heterocycles. The largest absolute Gasteiger partial charge is 0.332 e. The molecule has 4 aromatic rings. The minimum atomic E-state index is -0.589. The monoisotopic (exact) mass is 423 g/mol. The fourth-order valence-electron chi connectivity index (χ4n) is 3.18. The number of carbonyl (C=O) groups is 1. The van der Waals surface area contributed by atoms with E-state index in [4.69, 9.17) is 0 Å². The summed E-state index contributed by atoms with van der Waals surface area (Å²) in [5.74, 6) is -0.773. The zero-order valence-corrected chi connectivity index (χ0v) is 16.9. The number of hydrogen-bond acceptors (Lipinski definition) is 4. The van der Waals surface area contributed by atoms with Gasteiger partial charge in [0.05, 0.1) is 12.1 Å². The zero-order valence-electron chi connectivity index (χ0n) is 16.1. The van der Waals surface area contributed by atoms with Gasteiger partial charge in [0.1, 0.15) is 17.1 Å². The lowest BCUT2D eigenvalue weighted by atomic mass is 10.2. The van der Waals surface area contributed by atoms with Crippen molar-refractivity contribution >= 4 is 33.1 Å². The van der Waals surface area contributed by atoms with Gasteiger partial charge in [0, 0.05) is 5.69 Å². The van der Waals surface area contributed by atoms with Crippen molar-refractivity contribution in [3.63, 3.8) is 0 Å². The molecule has 2 aromatic carbocycles. The molecule has 2 aromatic heterocycles. The Balaban J connectivity index is 1.70. The van der Waals surface area contributed by atoms with Crippen LogP contribution in [-0.4, -0.2) is 15.0 Å². The van der Waals surface area contributed by atoms with Gasteiger partial charge in [-0.3, -0.25) is 18.7 Å². The van der Waals surface area contributed by atoms with Gasteiger partial charge in [-0.25, -0.2) is 9.18 Å². The third-order valence-corrected chi connectivity index (χ3v) is 5.62. The standard InChI is InChI=1S/C22H18FN3O3S/c1-14-2-8-17(9-3-14)24-19(27)13-25-18-10-11-30-20(18)21(28)26(22(25)29)12-15-4-6-16(23)7-5-15/h2-11H,12-13H2,1H3,(H,24,27). The lowest BCUT2D eigenvalue weighted by Crippen LogP contribution is -2.41. The number of fused-ring (bicyclic) bond motifs is 1. The molecule has 1 amide bonds. The predicted molar refractivity (Wildman–Crippen MR) is 116 cm³/mol. The van der Waals surface area contributed by atoms with E-state index in [1.54, 1.807) is 23.6 Å². The molecule has 0 radical (unpaired) electrons. The normalized spacial score (nSPS) is 11.0. The molecule has 0 saturated carbocycles. The van der Waals surface area contributed by atoms with Gasteiger partial charge in [-0.05, 0) is 48.2 Å². The van der Waals surface area contributed by atoms with E-state index < -0.39 is 17.1 Å². The molecule has 0 fully saturated rings. The number of anilines is 1. The van der Waals surface area contributed by atoms with Gasteiger partial charge in [0.25, 0.3) is 5.56 Å². The van der Waals surface area contributed by atoms with E-state index in [1.807, 2.05) is 19.1 Å². The van der Waals surface area contributed by atoms with Gasteiger partial charge in [0.2, 0.25) is 5.91 Å². The average Bonchev–Trinajstić information content (AvgIpc) is 3.22. The number of hydrogen-bond donors (Lipinski definition) is 1. The zero-order chi connectivity index (χ0) is 21.3. The van der Waals surface area contributed by atoms with Crippen molar-refractivity contribution in [2.75, 3.05) is 5.32 Å². The number of aryl methyl sites for hydroxylation is 1. The Kier molecular flexibility index (Phi) is 5.33. The molecule has 1 N–H and O–H groups in total. The number of carbonyl (C=O) groups excluding carboxylic acids is 1. The Morgan fingerprint density at radius 1 is 1.00 bits per heavy atom. The second-order valence-electron chi connectivity index (χ2n) is 6.94. The Morgan fingerprint density at radius 3 is 2.40 bits per heavy atom. The van der Waals surface area contributed by atoms with Crippen molar-refractivity contribution in [2.45, 2.75) is 20.0 Å². The van der Waals surface area contributed by atoms with Gasteiger partial charge >= 0.3 is 5.69 Å². The quantitative estimate of drug-likeness (QED) is 0.535. The van der Waals surface area contributed by atoms with Gasteiger partial charge in [-0.2, -0.15) is 0 Å². The SMILES string of the molecule is Cc1ccc(NC(=O)Cn2c(=O)n(Cc3ccc(F)cc3)c(=O)c3sccc32)cc1. The van der Waals surface area contributed by atoms with Crippen LogP contribution in [0.15, 0.2) is 69.6 Å². The number of nitrogens with zero attached hydrogens (tertiary/aromatic N) is 2. The topological polar surface area (TPSA) is 73.1 Å². The maximum absolute atomic E-state index is 13.2.